The lowest BCUT2D eigenvalue weighted by atomic mass is 10.1. The van der Waals surface area contributed by atoms with Crippen LogP contribution in [0.1, 0.15) is 41.2 Å². The van der Waals surface area contributed by atoms with E-state index in [1.807, 2.05) is 0 Å². The summed E-state index contributed by atoms with van der Waals surface area (Å²) in [4.78, 5) is 46.5. The topological polar surface area (TPSA) is 163 Å². The molecule has 0 bridgehead atoms. The Balaban J connectivity index is 1.69. The number of ether oxygens (including phenoxy) is 1. The molecule has 0 atom stereocenters. The molecule has 194 valence electrons. The van der Waals surface area contributed by atoms with Gasteiger partial charge < -0.3 is 4.74 Å². The molecular weight excluding hydrogens is 496 g/mol. The Kier molecular flexibility index (Phi) is 6.84. The average molecular weight is 518 g/mol. The summed E-state index contributed by atoms with van der Waals surface area (Å²) < 4.78 is 6.30. The van der Waals surface area contributed by atoms with Crippen molar-refractivity contribution >= 4 is 40.7 Å². The Hall–Kier alpha value is -5.20. The maximum atomic E-state index is 13.3. The summed E-state index contributed by atoms with van der Waals surface area (Å²) in [5.74, 6) is -0.873. The molecule has 2 heterocycles. The molecule has 0 aliphatic carbocycles. The van der Waals surface area contributed by atoms with E-state index in [1.54, 1.807) is 58.0 Å². The third kappa shape index (κ3) is 4.64. The summed E-state index contributed by atoms with van der Waals surface area (Å²) in [7, 11) is 0. The summed E-state index contributed by atoms with van der Waals surface area (Å²) in [5, 5.41) is 32.7. The van der Waals surface area contributed by atoms with E-state index in [2.05, 4.69) is 10.2 Å². The summed E-state index contributed by atoms with van der Waals surface area (Å²) in [6.45, 7) is 6.99. The first-order valence-corrected chi connectivity index (χ1v) is 11.4. The van der Waals surface area contributed by atoms with Gasteiger partial charge in [-0.2, -0.15) is 15.2 Å². The van der Waals surface area contributed by atoms with Gasteiger partial charge in [-0.25, -0.2) is 9.48 Å². The van der Waals surface area contributed by atoms with Crippen LogP contribution in [0.5, 0.6) is 0 Å². The number of rotatable bonds is 7. The molecule has 2 aromatic carbocycles. The van der Waals surface area contributed by atoms with E-state index in [-0.39, 0.29) is 12.3 Å². The van der Waals surface area contributed by atoms with Gasteiger partial charge in [0.1, 0.15) is 5.69 Å². The van der Waals surface area contributed by atoms with Gasteiger partial charge in [0.05, 0.1) is 50.7 Å². The second-order valence-electron chi connectivity index (χ2n) is 8.31. The standard InChI is InChI=1S/C25H22N6O7/c1-5-38-25(33)17-6-8-18(9-7-17)29-24(32)21(15(3)27-29)13-20-14(2)26-28(16(20)4)22-11-10-19(30(34)35)12-23(22)31(36)37/h6-13H,5H2,1-4H3/b21-13+. The van der Waals surface area contributed by atoms with Crippen molar-refractivity contribution in [3.05, 3.63) is 90.8 Å². The molecule has 4 rings (SSSR count). The number of hydrogen-bond acceptors (Lipinski definition) is 9. The molecule has 1 amide bonds. The van der Waals surface area contributed by atoms with Gasteiger partial charge in [-0.15, -0.1) is 0 Å². The second-order valence-corrected chi connectivity index (χ2v) is 8.31. The van der Waals surface area contributed by atoms with Crippen molar-refractivity contribution in [1.82, 2.24) is 9.78 Å². The molecule has 0 N–H and O–H groups in total. The number of esters is 1. The number of amides is 1. The van der Waals surface area contributed by atoms with Crippen LogP contribution in [-0.2, 0) is 9.53 Å². The molecule has 0 radical (unpaired) electrons. The number of carbonyl (C=O) groups excluding carboxylic acids is 2. The van der Waals surface area contributed by atoms with E-state index in [0.717, 1.165) is 6.07 Å². The van der Waals surface area contributed by atoms with E-state index in [0.29, 0.717) is 39.5 Å². The highest BCUT2D eigenvalue weighted by Gasteiger charge is 2.30. The van der Waals surface area contributed by atoms with Gasteiger partial charge in [-0.3, -0.25) is 25.0 Å². The van der Waals surface area contributed by atoms with Gasteiger partial charge in [0.15, 0.2) is 0 Å². The van der Waals surface area contributed by atoms with E-state index in [4.69, 9.17) is 4.74 Å². The Morgan fingerprint density at radius 2 is 1.74 bits per heavy atom. The molecule has 1 aliphatic heterocycles. The molecule has 0 spiro atoms. The Labute approximate surface area is 215 Å². The lowest BCUT2D eigenvalue weighted by Crippen LogP contribution is -2.21. The summed E-state index contributed by atoms with van der Waals surface area (Å²) in [6, 6.07) is 9.58. The number of nitro groups is 2. The van der Waals surface area contributed by atoms with Gasteiger partial charge in [0.2, 0.25) is 0 Å². The van der Waals surface area contributed by atoms with Crippen molar-refractivity contribution in [3.63, 3.8) is 0 Å². The van der Waals surface area contributed by atoms with Crippen LogP contribution in [0.2, 0.25) is 0 Å². The molecule has 13 heteroatoms. The molecule has 13 nitrogen and oxygen atoms in total. The Bertz CT molecular complexity index is 1550. The number of benzene rings is 2. The van der Waals surface area contributed by atoms with Crippen LogP contribution in [0.3, 0.4) is 0 Å². The largest absolute Gasteiger partial charge is 0.462 e. The van der Waals surface area contributed by atoms with Crippen molar-refractivity contribution in [2.75, 3.05) is 11.6 Å². The molecule has 38 heavy (non-hydrogen) atoms. The lowest BCUT2D eigenvalue weighted by Gasteiger charge is -2.12. The maximum Gasteiger partial charge on any atom is 0.338 e. The molecule has 0 saturated heterocycles. The number of nitrogens with zero attached hydrogens (tertiary/aromatic N) is 6. The zero-order chi connectivity index (χ0) is 27.7. The van der Waals surface area contributed by atoms with Crippen LogP contribution in [-0.4, -0.2) is 43.8 Å². The smallest absolute Gasteiger partial charge is 0.338 e. The summed E-state index contributed by atoms with van der Waals surface area (Å²) in [5.41, 5.74) is 2.23. The number of anilines is 1. The zero-order valence-electron chi connectivity index (χ0n) is 20.9. The number of carbonyl (C=O) groups is 2. The molecule has 1 aromatic heterocycles. The minimum absolute atomic E-state index is 0.0531. The molecule has 3 aromatic rings. The predicted octanol–water partition coefficient (Wildman–Crippen LogP) is 4.29. The van der Waals surface area contributed by atoms with Crippen molar-refractivity contribution in [1.29, 1.82) is 0 Å². The van der Waals surface area contributed by atoms with Gasteiger partial charge in [0.25, 0.3) is 11.6 Å². The van der Waals surface area contributed by atoms with Gasteiger partial charge >= 0.3 is 11.7 Å². The maximum absolute atomic E-state index is 13.3. The van der Waals surface area contributed by atoms with E-state index in [1.165, 1.54) is 21.8 Å². The molecular formula is C25H22N6O7. The van der Waals surface area contributed by atoms with Crippen LogP contribution in [0.4, 0.5) is 17.1 Å². The minimum Gasteiger partial charge on any atom is -0.462 e. The fourth-order valence-corrected chi connectivity index (χ4v) is 4.01. The predicted molar refractivity (Wildman–Crippen MR) is 137 cm³/mol. The Morgan fingerprint density at radius 1 is 1.05 bits per heavy atom. The summed E-state index contributed by atoms with van der Waals surface area (Å²) in [6.07, 6.45) is 1.61. The fourth-order valence-electron chi connectivity index (χ4n) is 4.01. The number of non-ortho nitro benzene ring substituents is 1. The molecule has 0 saturated carbocycles. The third-order valence-electron chi connectivity index (χ3n) is 5.92. The van der Waals surface area contributed by atoms with Crippen molar-refractivity contribution in [2.24, 2.45) is 5.10 Å². The number of hydrogen-bond donors (Lipinski definition) is 0. The second kappa shape index (κ2) is 10.0. The monoisotopic (exact) mass is 518 g/mol. The first-order chi connectivity index (χ1) is 18.0. The fraction of sp³-hybridized carbons (Fsp3) is 0.200. The molecule has 0 unspecified atom stereocenters. The Morgan fingerprint density at radius 3 is 2.34 bits per heavy atom. The van der Waals surface area contributed by atoms with Gasteiger partial charge in [0, 0.05) is 17.3 Å². The van der Waals surface area contributed by atoms with Crippen molar-refractivity contribution in [3.8, 4) is 5.69 Å². The van der Waals surface area contributed by atoms with E-state index in [9.17, 15) is 29.8 Å². The number of hydrazone groups is 1. The highest BCUT2D eigenvalue weighted by Crippen LogP contribution is 2.31. The number of nitro benzene ring substituents is 2. The summed E-state index contributed by atoms with van der Waals surface area (Å²) >= 11 is 0. The zero-order valence-corrected chi connectivity index (χ0v) is 20.9. The first kappa shape index (κ1) is 25.9. The van der Waals surface area contributed by atoms with E-state index >= 15 is 0 Å². The number of aryl methyl sites for hydroxylation is 1. The lowest BCUT2D eigenvalue weighted by molar-refractivity contribution is -0.394. The quantitative estimate of drug-likeness (QED) is 0.193. The third-order valence-corrected chi connectivity index (χ3v) is 5.92. The normalized spacial score (nSPS) is 14.1. The van der Waals surface area contributed by atoms with Crippen LogP contribution in [0.15, 0.2) is 53.1 Å². The van der Waals surface area contributed by atoms with Gasteiger partial charge in [-0.05, 0) is 64.1 Å². The van der Waals surface area contributed by atoms with Crippen LogP contribution in [0, 0.1) is 34.1 Å². The van der Waals surface area contributed by atoms with Crippen molar-refractivity contribution < 1.29 is 24.2 Å². The van der Waals surface area contributed by atoms with Gasteiger partial charge in [-0.1, -0.05) is 0 Å². The molecule has 0 fully saturated rings. The number of aromatic nitrogens is 2. The van der Waals surface area contributed by atoms with Crippen LogP contribution < -0.4 is 5.01 Å². The SMILES string of the molecule is CCOC(=O)c1ccc(N2N=C(C)/C(=C\c3c(C)nn(-c4ccc([N+](=O)[O-])cc4[N+](=O)[O-])c3C)C2=O)cc1. The molecule has 1 aliphatic rings. The van der Waals surface area contributed by atoms with Crippen LogP contribution >= 0.6 is 0 Å². The highest BCUT2D eigenvalue weighted by molar-refractivity contribution is 6.32. The highest BCUT2D eigenvalue weighted by atomic mass is 16.6. The van der Waals surface area contributed by atoms with Crippen LogP contribution in [0.25, 0.3) is 11.8 Å². The average Bonchev–Trinajstić information content (AvgIpc) is 3.33. The van der Waals surface area contributed by atoms with Crippen molar-refractivity contribution in [2.45, 2.75) is 27.7 Å². The minimum atomic E-state index is -0.711. The van der Waals surface area contributed by atoms with E-state index < -0.39 is 33.1 Å². The first-order valence-electron chi connectivity index (χ1n) is 11.4.